The van der Waals surface area contributed by atoms with Crippen molar-refractivity contribution in [3.63, 3.8) is 0 Å². The van der Waals surface area contributed by atoms with Crippen molar-refractivity contribution in [2.45, 2.75) is 13.3 Å². The summed E-state index contributed by atoms with van der Waals surface area (Å²) >= 11 is 0. The fourth-order valence-electron chi connectivity index (χ4n) is 3.09. The molecule has 2 aromatic heterocycles. The molecule has 0 radical (unpaired) electrons. The number of imidazole rings is 1. The summed E-state index contributed by atoms with van der Waals surface area (Å²) in [5.74, 6) is 1.01. The predicted molar refractivity (Wildman–Crippen MR) is 118 cm³/mol. The average Bonchev–Trinajstić information content (AvgIpc) is 3.16. The molecule has 4 rings (SSSR count). The van der Waals surface area contributed by atoms with E-state index in [1.54, 1.807) is 12.4 Å². The molecule has 8 heteroatoms. The second-order valence-electron chi connectivity index (χ2n) is 6.76. The van der Waals surface area contributed by atoms with Gasteiger partial charge in [0.05, 0.1) is 11.0 Å². The summed E-state index contributed by atoms with van der Waals surface area (Å²) in [7, 11) is 0. The van der Waals surface area contributed by atoms with Gasteiger partial charge in [-0.1, -0.05) is 36.4 Å². The van der Waals surface area contributed by atoms with Gasteiger partial charge in [0.2, 0.25) is 11.9 Å². The van der Waals surface area contributed by atoms with E-state index in [0.717, 1.165) is 35.1 Å². The van der Waals surface area contributed by atoms with Crippen molar-refractivity contribution in [1.82, 2.24) is 25.3 Å². The summed E-state index contributed by atoms with van der Waals surface area (Å²) in [6.07, 6.45) is 4.50. The van der Waals surface area contributed by atoms with Crippen LogP contribution in [-0.4, -0.2) is 39.1 Å². The van der Waals surface area contributed by atoms with Crippen LogP contribution in [0.2, 0.25) is 0 Å². The molecule has 0 bridgehead atoms. The molecular formula is C22H23N7O. The van der Waals surface area contributed by atoms with Crippen molar-refractivity contribution in [3.05, 3.63) is 66.5 Å². The Morgan fingerprint density at radius 1 is 1.03 bits per heavy atom. The number of urea groups is 1. The van der Waals surface area contributed by atoms with E-state index in [0.29, 0.717) is 18.4 Å². The van der Waals surface area contributed by atoms with Crippen LogP contribution in [0.4, 0.5) is 16.7 Å². The maximum absolute atomic E-state index is 11.7. The van der Waals surface area contributed by atoms with Crippen molar-refractivity contribution >= 4 is 29.0 Å². The van der Waals surface area contributed by atoms with Gasteiger partial charge in [-0.2, -0.15) is 0 Å². The number of nitrogens with zero attached hydrogens (tertiary/aromatic N) is 3. The van der Waals surface area contributed by atoms with E-state index >= 15 is 0 Å². The van der Waals surface area contributed by atoms with Crippen molar-refractivity contribution in [2.24, 2.45) is 0 Å². The van der Waals surface area contributed by atoms with Gasteiger partial charge in [0.15, 0.2) is 0 Å². The van der Waals surface area contributed by atoms with E-state index in [2.05, 4.69) is 48.0 Å². The normalized spacial score (nSPS) is 10.7. The number of hydrogen-bond acceptors (Lipinski definition) is 5. The Bertz CT molecular complexity index is 1120. The minimum atomic E-state index is -0.291. The molecule has 0 atom stereocenters. The lowest BCUT2D eigenvalue weighted by atomic mass is 10.1. The number of fused-ring (bicyclic) bond motifs is 1. The van der Waals surface area contributed by atoms with Crippen LogP contribution in [0.15, 0.2) is 60.9 Å². The summed E-state index contributed by atoms with van der Waals surface area (Å²) < 4.78 is 0. The molecule has 2 heterocycles. The molecule has 0 saturated carbocycles. The van der Waals surface area contributed by atoms with Gasteiger partial charge in [-0.3, -0.25) is 5.32 Å². The quantitative estimate of drug-likeness (QED) is 0.377. The SMILES string of the molecule is CCNC(=O)Nc1nc2ccc(-c3cnc(NCCc4ccccc4)nc3)cc2[nH]1. The summed E-state index contributed by atoms with van der Waals surface area (Å²) in [5, 5.41) is 8.60. The smallest absolute Gasteiger partial charge is 0.321 e. The van der Waals surface area contributed by atoms with Crippen LogP contribution in [0.1, 0.15) is 12.5 Å². The molecule has 30 heavy (non-hydrogen) atoms. The third kappa shape index (κ3) is 4.72. The average molecular weight is 401 g/mol. The second-order valence-corrected chi connectivity index (χ2v) is 6.76. The molecule has 0 aliphatic heterocycles. The van der Waals surface area contributed by atoms with E-state index in [1.807, 2.05) is 43.3 Å². The molecule has 0 aliphatic carbocycles. The second kappa shape index (κ2) is 9.04. The topological polar surface area (TPSA) is 108 Å². The number of aromatic nitrogens is 4. The highest BCUT2D eigenvalue weighted by atomic mass is 16.2. The van der Waals surface area contributed by atoms with E-state index in [9.17, 15) is 4.79 Å². The van der Waals surface area contributed by atoms with Gasteiger partial charge in [-0.15, -0.1) is 0 Å². The van der Waals surface area contributed by atoms with Crippen LogP contribution < -0.4 is 16.0 Å². The first kappa shape index (κ1) is 19.4. The van der Waals surface area contributed by atoms with Crippen molar-refractivity contribution in [1.29, 1.82) is 0 Å². The first-order valence-corrected chi connectivity index (χ1v) is 9.86. The van der Waals surface area contributed by atoms with Crippen LogP contribution in [0, 0.1) is 0 Å². The summed E-state index contributed by atoms with van der Waals surface area (Å²) in [6.45, 7) is 3.18. The third-order valence-corrected chi connectivity index (χ3v) is 4.58. The maximum atomic E-state index is 11.7. The fraction of sp³-hybridized carbons (Fsp3) is 0.182. The lowest BCUT2D eigenvalue weighted by Crippen LogP contribution is -2.28. The number of rotatable bonds is 7. The van der Waals surface area contributed by atoms with E-state index in [-0.39, 0.29) is 6.03 Å². The predicted octanol–water partition coefficient (Wildman–Crippen LogP) is 3.82. The Labute approximate surface area is 174 Å². The van der Waals surface area contributed by atoms with Crippen LogP contribution in [0.3, 0.4) is 0 Å². The third-order valence-electron chi connectivity index (χ3n) is 4.58. The Kier molecular flexibility index (Phi) is 5.84. The first-order chi connectivity index (χ1) is 14.7. The van der Waals surface area contributed by atoms with Gasteiger partial charge < -0.3 is 15.6 Å². The van der Waals surface area contributed by atoms with Crippen LogP contribution in [0.5, 0.6) is 0 Å². The minimum Gasteiger partial charge on any atom is -0.354 e. The van der Waals surface area contributed by atoms with Crippen LogP contribution in [-0.2, 0) is 6.42 Å². The molecule has 2 aromatic carbocycles. The highest BCUT2D eigenvalue weighted by Gasteiger charge is 2.08. The summed E-state index contributed by atoms with van der Waals surface area (Å²) in [5.41, 5.74) is 4.73. The van der Waals surface area contributed by atoms with Crippen molar-refractivity contribution < 1.29 is 4.79 Å². The largest absolute Gasteiger partial charge is 0.354 e. The number of aromatic amines is 1. The zero-order valence-corrected chi connectivity index (χ0v) is 16.6. The van der Waals surface area contributed by atoms with Crippen LogP contribution in [0.25, 0.3) is 22.2 Å². The number of carbonyl (C=O) groups is 1. The molecule has 152 valence electrons. The molecule has 0 unspecified atom stereocenters. The monoisotopic (exact) mass is 401 g/mol. The zero-order valence-electron chi connectivity index (χ0n) is 16.6. The number of H-pyrrole nitrogens is 1. The molecule has 4 aromatic rings. The highest BCUT2D eigenvalue weighted by Crippen LogP contribution is 2.23. The Balaban J connectivity index is 1.41. The highest BCUT2D eigenvalue weighted by molar-refractivity contribution is 5.90. The van der Waals surface area contributed by atoms with Crippen molar-refractivity contribution in [3.8, 4) is 11.1 Å². The Morgan fingerprint density at radius 3 is 2.60 bits per heavy atom. The zero-order chi connectivity index (χ0) is 20.8. The van der Waals surface area contributed by atoms with E-state index < -0.39 is 0 Å². The number of nitrogens with one attached hydrogen (secondary N) is 4. The lowest BCUT2D eigenvalue weighted by Gasteiger charge is -2.06. The lowest BCUT2D eigenvalue weighted by molar-refractivity contribution is 0.252. The molecule has 4 N–H and O–H groups in total. The van der Waals surface area contributed by atoms with Crippen molar-refractivity contribution in [2.75, 3.05) is 23.7 Å². The number of hydrogen-bond donors (Lipinski definition) is 4. The number of benzene rings is 2. The van der Waals surface area contributed by atoms with Gasteiger partial charge in [-0.25, -0.2) is 19.7 Å². The standard InChI is InChI=1S/C22H23N7O/c1-2-23-22(30)29-21-27-18-9-8-16(12-19(18)28-21)17-13-25-20(26-14-17)24-11-10-15-6-4-3-5-7-15/h3-9,12-14H,2,10-11H2,1H3,(H,24,25,26)(H3,23,27,28,29,30). The molecule has 0 saturated heterocycles. The number of anilines is 2. The Hall–Kier alpha value is -3.94. The van der Waals surface area contributed by atoms with Gasteiger partial charge in [0, 0.05) is 31.0 Å². The summed E-state index contributed by atoms with van der Waals surface area (Å²) in [4.78, 5) is 28.0. The number of amides is 2. The number of carbonyl (C=O) groups excluding carboxylic acids is 1. The molecule has 0 spiro atoms. The maximum Gasteiger partial charge on any atom is 0.321 e. The molecule has 2 amide bonds. The molecule has 8 nitrogen and oxygen atoms in total. The van der Waals surface area contributed by atoms with Gasteiger partial charge in [-0.05, 0) is 36.6 Å². The molecular weight excluding hydrogens is 378 g/mol. The van der Waals surface area contributed by atoms with Gasteiger partial charge in [0.25, 0.3) is 0 Å². The van der Waals surface area contributed by atoms with Gasteiger partial charge in [0.1, 0.15) is 0 Å². The van der Waals surface area contributed by atoms with E-state index in [4.69, 9.17) is 0 Å². The van der Waals surface area contributed by atoms with Gasteiger partial charge >= 0.3 is 6.03 Å². The molecule has 0 aliphatic rings. The minimum absolute atomic E-state index is 0.291. The summed E-state index contributed by atoms with van der Waals surface area (Å²) in [6, 6.07) is 15.8. The first-order valence-electron chi connectivity index (χ1n) is 9.86. The Morgan fingerprint density at radius 2 is 1.83 bits per heavy atom. The van der Waals surface area contributed by atoms with Crippen LogP contribution >= 0.6 is 0 Å². The molecule has 0 fully saturated rings. The van der Waals surface area contributed by atoms with E-state index in [1.165, 1.54) is 5.56 Å². The fourth-order valence-corrected chi connectivity index (χ4v) is 3.09.